The van der Waals surface area contributed by atoms with Gasteiger partial charge in [0.25, 0.3) is 5.91 Å². The standard InChI is InChI=1S/C18H21N3O2/c22-18(15-9-12-23-20-15)19-17-14-6-2-1-5-13(14)7-8-16(17)21-10-3-4-11-21/h1-2,5-6,9,12,16-17H,3-4,7-8,10-11H2,(H,19,22). The van der Waals surface area contributed by atoms with Crippen molar-refractivity contribution < 1.29 is 9.32 Å². The van der Waals surface area contributed by atoms with Crippen molar-refractivity contribution >= 4 is 5.91 Å². The first kappa shape index (κ1) is 14.5. The van der Waals surface area contributed by atoms with Crippen molar-refractivity contribution in [1.29, 1.82) is 0 Å². The first-order valence-electron chi connectivity index (χ1n) is 8.36. The van der Waals surface area contributed by atoms with Crippen molar-refractivity contribution in [2.24, 2.45) is 0 Å². The molecule has 5 nitrogen and oxygen atoms in total. The second-order valence-electron chi connectivity index (χ2n) is 6.38. The number of benzene rings is 1. The number of aryl methyl sites for hydroxylation is 1. The second kappa shape index (κ2) is 6.16. The van der Waals surface area contributed by atoms with Gasteiger partial charge in [-0.05, 0) is 49.9 Å². The van der Waals surface area contributed by atoms with Gasteiger partial charge in [0, 0.05) is 12.1 Å². The number of nitrogens with one attached hydrogen (secondary N) is 1. The fraction of sp³-hybridized carbons (Fsp3) is 0.444. The number of nitrogens with zero attached hydrogens (tertiary/aromatic N) is 2. The Morgan fingerprint density at radius 2 is 2.04 bits per heavy atom. The van der Waals surface area contributed by atoms with E-state index in [1.54, 1.807) is 6.07 Å². The van der Waals surface area contributed by atoms with Crippen LogP contribution in [0.1, 0.15) is 46.9 Å². The number of carbonyl (C=O) groups excluding carboxylic acids is 1. The highest BCUT2D eigenvalue weighted by Crippen LogP contribution is 2.34. The van der Waals surface area contributed by atoms with E-state index in [0.29, 0.717) is 11.7 Å². The molecule has 0 spiro atoms. The Morgan fingerprint density at radius 1 is 1.22 bits per heavy atom. The lowest BCUT2D eigenvalue weighted by atomic mass is 9.83. The third-order valence-electron chi connectivity index (χ3n) is 5.05. The van der Waals surface area contributed by atoms with Crippen LogP contribution >= 0.6 is 0 Å². The largest absolute Gasteiger partial charge is 0.364 e. The minimum Gasteiger partial charge on any atom is -0.364 e. The summed E-state index contributed by atoms with van der Waals surface area (Å²) in [6.07, 6.45) is 6.10. The van der Waals surface area contributed by atoms with Gasteiger partial charge in [-0.2, -0.15) is 0 Å². The summed E-state index contributed by atoms with van der Waals surface area (Å²) in [5.41, 5.74) is 2.93. The van der Waals surface area contributed by atoms with Crippen molar-refractivity contribution in [3.05, 3.63) is 53.4 Å². The van der Waals surface area contributed by atoms with Gasteiger partial charge in [0.2, 0.25) is 0 Å². The van der Waals surface area contributed by atoms with E-state index in [9.17, 15) is 4.79 Å². The van der Waals surface area contributed by atoms with E-state index < -0.39 is 0 Å². The molecule has 5 heteroatoms. The number of fused-ring (bicyclic) bond motifs is 1. The number of amides is 1. The molecule has 1 amide bonds. The molecule has 2 aromatic rings. The molecular formula is C18H21N3O2. The molecule has 1 N–H and O–H groups in total. The Kier molecular flexibility index (Phi) is 3.87. The summed E-state index contributed by atoms with van der Waals surface area (Å²) in [6, 6.07) is 10.4. The molecule has 2 heterocycles. The zero-order chi connectivity index (χ0) is 15.6. The topological polar surface area (TPSA) is 58.4 Å². The summed E-state index contributed by atoms with van der Waals surface area (Å²) in [4.78, 5) is 15.0. The fourth-order valence-corrected chi connectivity index (χ4v) is 3.93. The maximum absolute atomic E-state index is 12.5. The Hall–Kier alpha value is -2.14. The minimum atomic E-state index is -0.162. The molecule has 120 valence electrons. The van der Waals surface area contributed by atoms with E-state index in [2.05, 4.69) is 39.6 Å². The summed E-state index contributed by atoms with van der Waals surface area (Å²) < 4.78 is 4.80. The quantitative estimate of drug-likeness (QED) is 0.946. The van der Waals surface area contributed by atoms with Gasteiger partial charge in [-0.15, -0.1) is 0 Å². The molecular weight excluding hydrogens is 290 g/mol. The molecule has 0 radical (unpaired) electrons. The number of rotatable bonds is 3. The van der Waals surface area contributed by atoms with Gasteiger partial charge in [0.1, 0.15) is 6.26 Å². The first-order valence-corrected chi connectivity index (χ1v) is 8.36. The molecule has 23 heavy (non-hydrogen) atoms. The van der Waals surface area contributed by atoms with Gasteiger partial charge in [-0.3, -0.25) is 9.69 Å². The number of aromatic nitrogens is 1. The van der Waals surface area contributed by atoms with Crippen LogP contribution in [-0.4, -0.2) is 35.1 Å². The Morgan fingerprint density at radius 3 is 2.83 bits per heavy atom. The van der Waals surface area contributed by atoms with Gasteiger partial charge >= 0.3 is 0 Å². The highest BCUT2D eigenvalue weighted by Gasteiger charge is 2.35. The Balaban J connectivity index is 1.64. The molecule has 0 bridgehead atoms. The second-order valence-corrected chi connectivity index (χ2v) is 6.38. The zero-order valence-electron chi connectivity index (χ0n) is 13.1. The molecule has 1 fully saturated rings. The van der Waals surface area contributed by atoms with Crippen LogP contribution in [0.3, 0.4) is 0 Å². The summed E-state index contributed by atoms with van der Waals surface area (Å²) in [6.45, 7) is 2.26. The van der Waals surface area contributed by atoms with E-state index >= 15 is 0 Å². The molecule has 1 aromatic carbocycles. The summed E-state index contributed by atoms with van der Waals surface area (Å²) in [7, 11) is 0. The van der Waals surface area contributed by atoms with Crippen molar-refractivity contribution in [2.45, 2.75) is 37.8 Å². The molecule has 0 saturated carbocycles. The third kappa shape index (κ3) is 2.77. The monoisotopic (exact) mass is 311 g/mol. The Labute approximate surface area is 135 Å². The van der Waals surface area contributed by atoms with Crippen molar-refractivity contribution in [2.75, 3.05) is 13.1 Å². The highest BCUT2D eigenvalue weighted by molar-refractivity contribution is 5.92. The minimum absolute atomic E-state index is 0.0160. The van der Waals surface area contributed by atoms with Crippen LogP contribution in [0, 0.1) is 0 Å². The molecule has 1 aliphatic heterocycles. The summed E-state index contributed by atoms with van der Waals surface area (Å²) >= 11 is 0. The lowest BCUT2D eigenvalue weighted by Crippen LogP contribution is -2.47. The van der Waals surface area contributed by atoms with E-state index in [1.165, 1.54) is 30.2 Å². The highest BCUT2D eigenvalue weighted by atomic mass is 16.5. The van der Waals surface area contributed by atoms with Crippen LogP contribution in [0.4, 0.5) is 0 Å². The number of likely N-dealkylation sites (tertiary alicyclic amines) is 1. The van der Waals surface area contributed by atoms with Crippen LogP contribution in [0.5, 0.6) is 0 Å². The van der Waals surface area contributed by atoms with Crippen LogP contribution in [-0.2, 0) is 6.42 Å². The van der Waals surface area contributed by atoms with E-state index in [0.717, 1.165) is 25.9 Å². The first-order chi connectivity index (χ1) is 11.3. The van der Waals surface area contributed by atoms with Crippen LogP contribution in [0.15, 0.2) is 41.1 Å². The Bertz CT molecular complexity index is 677. The van der Waals surface area contributed by atoms with E-state index in [4.69, 9.17) is 4.52 Å². The maximum Gasteiger partial charge on any atom is 0.273 e. The molecule has 1 aliphatic carbocycles. The lowest BCUT2D eigenvalue weighted by molar-refractivity contribution is 0.0877. The molecule has 1 aromatic heterocycles. The maximum atomic E-state index is 12.5. The van der Waals surface area contributed by atoms with E-state index in [1.807, 2.05) is 0 Å². The van der Waals surface area contributed by atoms with Gasteiger partial charge in [-0.1, -0.05) is 29.4 Å². The molecule has 2 aliphatic rings. The predicted molar refractivity (Wildman–Crippen MR) is 86.1 cm³/mol. The fourth-order valence-electron chi connectivity index (χ4n) is 3.93. The average molecular weight is 311 g/mol. The van der Waals surface area contributed by atoms with Crippen molar-refractivity contribution in [3.8, 4) is 0 Å². The number of hydrogen-bond acceptors (Lipinski definition) is 4. The summed E-state index contributed by atoms with van der Waals surface area (Å²) in [5, 5.41) is 6.96. The zero-order valence-corrected chi connectivity index (χ0v) is 13.1. The number of carbonyl (C=O) groups is 1. The van der Waals surface area contributed by atoms with E-state index in [-0.39, 0.29) is 11.9 Å². The van der Waals surface area contributed by atoms with Crippen LogP contribution in [0.25, 0.3) is 0 Å². The summed E-state index contributed by atoms with van der Waals surface area (Å²) in [5.74, 6) is -0.162. The molecule has 2 unspecified atom stereocenters. The molecule has 2 atom stereocenters. The van der Waals surface area contributed by atoms with Crippen molar-refractivity contribution in [3.63, 3.8) is 0 Å². The van der Waals surface area contributed by atoms with Gasteiger partial charge in [0.05, 0.1) is 6.04 Å². The average Bonchev–Trinajstić information content (AvgIpc) is 3.29. The predicted octanol–water partition coefficient (Wildman–Crippen LogP) is 2.56. The van der Waals surface area contributed by atoms with Gasteiger partial charge in [0.15, 0.2) is 5.69 Å². The van der Waals surface area contributed by atoms with Crippen LogP contribution < -0.4 is 5.32 Å². The number of hydrogen-bond donors (Lipinski definition) is 1. The molecule has 1 saturated heterocycles. The van der Waals surface area contributed by atoms with Gasteiger partial charge in [-0.25, -0.2) is 0 Å². The van der Waals surface area contributed by atoms with Crippen molar-refractivity contribution in [1.82, 2.24) is 15.4 Å². The van der Waals surface area contributed by atoms with Gasteiger partial charge < -0.3 is 9.84 Å². The molecule has 4 rings (SSSR count). The third-order valence-corrected chi connectivity index (χ3v) is 5.05. The smallest absolute Gasteiger partial charge is 0.273 e. The van der Waals surface area contributed by atoms with Crippen LogP contribution in [0.2, 0.25) is 0 Å². The normalized spacial score (nSPS) is 24.3. The lowest BCUT2D eigenvalue weighted by Gasteiger charge is -2.39. The SMILES string of the molecule is O=C(NC1c2ccccc2CCC1N1CCCC1)c1ccon1.